The maximum atomic E-state index is 13.5. The number of benzene rings is 1. The summed E-state index contributed by atoms with van der Waals surface area (Å²) >= 11 is 0. The number of hydrogen-bond donors (Lipinski definition) is 1. The average molecular weight is 422 g/mol. The highest BCUT2D eigenvalue weighted by molar-refractivity contribution is 5.68. The Hall–Kier alpha value is -2.55. The predicted molar refractivity (Wildman–Crippen MR) is 98.7 cm³/mol. The van der Waals surface area contributed by atoms with Crippen molar-refractivity contribution in [2.75, 3.05) is 6.54 Å². The van der Waals surface area contributed by atoms with E-state index in [1.807, 2.05) is 0 Å². The van der Waals surface area contributed by atoms with Crippen molar-refractivity contribution in [3.63, 3.8) is 0 Å². The number of hydrogen-bond acceptors (Lipinski definition) is 4. The van der Waals surface area contributed by atoms with E-state index in [9.17, 15) is 23.1 Å². The average Bonchev–Trinajstić information content (AvgIpc) is 3.16. The lowest BCUT2D eigenvalue weighted by Crippen LogP contribution is -2.41. The summed E-state index contributed by atoms with van der Waals surface area (Å²) in [5.74, 6) is 0.893. The summed E-state index contributed by atoms with van der Waals surface area (Å²) in [5.41, 5.74) is -0.00428. The van der Waals surface area contributed by atoms with E-state index in [0.29, 0.717) is 24.3 Å². The Morgan fingerprint density at radius 2 is 2.03 bits per heavy atom. The van der Waals surface area contributed by atoms with Crippen LogP contribution in [0.25, 0.3) is 11.3 Å². The van der Waals surface area contributed by atoms with Crippen LogP contribution in [0.4, 0.5) is 18.0 Å². The zero-order valence-electron chi connectivity index (χ0n) is 16.1. The molecule has 0 spiro atoms. The van der Waals surface area contributed by atoms with Crippen LogP contribution in [0.3, 0.4) is 0 Å². The molecule has 3 aliphatic rings. The van der Waals surface area contributed by atoms with E-state index in [4.69, 9.17) is 9.26 Å². The molecule has 1 aliphatic heterocycles. The van der Waals surface area contributed by atoms with Crippen LogP contribution in [0.1, 0.15) is 48.5 Å². The van der Waals surface area contributed by atoms with E-state index in [0.717, 1.165) is 25.3 Å². The van der Waals surface area contributed by atoms with Gasteiger partial charge in [0.25, 0.3) is 0 Å². The van der Waals surface area contributed by atoms with Crippen molar-refractivity contribution in [2.24, 2.45) is 5.92 Å². The largest absolute Gasteiger partial charge is 0.465 e. The summed E-state index contributed by atoms with van der Waals surface area (Å²) in [7, 11) is 0. The van der Waals surface area contributed by atoms with Crippen molar-refractivity contribution >= 4 is 6.09 Å². The van der Waals surface area contributed by atoms with Gasteiger partial charge < -0.3 is 19.3 Å². The zero-order chi connectivity index (χ0) is 21.0. The second-order valence-electron chi connectivity index (χ2n) is 8.36. The smallest absolute Gasteiger partial charge is 0.417 e. The monoisotopic (exact) mass is 422 g/mol. The summed E-state index contributed by atoms with van der Waals surface area (Å²) in [6.07, 6.45) is -2.32. The number of aromatic nitrogens is 1. The third-order valence-electron chi connectivity index (χ3n) is 6.42. The lowest BCUT2D eigenvalue weighted by molar-refractivity contribution is -0.137. The first-order valence-electron chi connectivity index (χ1n) is 10.1. The lowest BCUT2D eigenvalue weighted by Gasteiger charge is -2.29. The molecule has 1 N–H and O–H groups in total. The zero-order valence-corrected chi connectivity index (χ0v) is 16.1. The highest BCUT2D eigenvalue weighted by Gasteiger charge is 2.47. The van der Waals surface area contributed by atoms with Crippen LogP contribution in [-0.2, 0) is 17.5 Å². The van der Waals surface area contributed by atoms with Gasteiger partial charge in [0.2, 0.25) is 0 Å². The molecule has 1 aromatic carbocycles. The summed E-state index contributed by atoms with van der Waals surface area (Å²) < 4.78 is 52.2. The number of piperidine rings is 1. The number of likely N-dealkylation sites (tertiary alicyclic amines) is 1. The van der Waals surface area contributed by atoms with Gasteiger partial charge in [-0.25, -0.2) is 4.79 Å². The van der Waals surface area contributed by atoms with Gasteiger partial charge in [-0.1, -0.05) is 23.4 Å². The number of ether oxygens (including phenoxy) is 1. The van der Waals surface area contributed by atoms with E-state index < -0.39 is 17.8 Å². The molecule has 2 bridgehead atoms. The third-order valence-corrected chi connectivity index (χ3v) is 6.42. The molecule has 1 aromatic heterocycles. The second kappa shape index (κ2) is 7.01. The minimum absolute atomic E-state index is 0.00996. The Bertz CT molecular complexity index is 969. The van der Waals surface area contributed by atoms with Crippen molar-refractivity contribution in [1.29, 1.82) is 0 Å². The van der Waals surface area contributed by atoms with Crippen LogP contribution >= 0.6 is 0 Å². The Morgan fingerprint density at radius 3 is 2.67 bits per heavy atom. The summed E-state index contributed by atoms with van der Waals surface area (Å²) in [6.45, 7) is 0.547. The molecule has 30 heavy (non-hydrogen) atoms. The molecule has 2 saturated carbocycles. The van der Waals surface area contributed by atoms with Crippen LogP contribution in [0, 0.1) is 5.92 Å². The van der Waals surface area contributed by atoms with Gasteiger partial charge in [0.15, 0.2) is 0 Å². The number of carboxylic acid groups (broad SMARTS) is 1. The summed E-state index contributed by atoms with van der Waals surface area (Å²) in [5, 5.41) is 13.2. The van der Waals surface area contributed by atoms with E-state index in [-0.39, 0.29) is 41.8 Å². The minimum Gasteiger partial charge on any atom is -0.465 e. The number of nitrogens with zero attached hydrogens (tertiary/aromatic N) is 2. The molecule has 6 nitrogen and oxygen atoms in total. The Labute approximate surface area is 170 Å². The first-order chi connectivity index (χ1) is 14.3. The number of rotatable bonds is 5. The van der Waals surface area contributed by atoms with Crippen molar-refractivity contribution in [1.82, 2.24) is 10.1 Å². The molecule has 1 amide bonds. The van der Waals surface area contributed by atoms with Crippen LogP contribution in [0.5, 0.6) is 0 Å². The topological polar surface area (TPSA) is 75.8 Å². The summed E-state index contributed by atoms with van der Waals surface area (Å²) in [4.78, 5) is 12.7. The van der Waals surface area contributed by atoms with Gasteiger partial charge in [0.05, 0.1) is 18.3 Å². The molecule has 3 atom stereocenters. The molecule has 0 unspecified atom stereocenters. The Kier molecular flexibility index (Phi) is 4.53. The second-order valence-corrected chi connectivity index (χ2v) is 8.36. The van der Waals surface area contributed by atoms with Crippen LogP contribution in [-0.4, -0.2) is 39.9 Å². The molecule has 9 heteroatoms. The SMILES string of the molecule is O=C(O)N1C[C@@H]2C[C@H]1C[C@H]2OCc1c(-c2ccccc2C(F)(F)F)noc1C1CC1. The fourth-order valence-corrected chi connectivity index (χ4v) is 4.81. The summed E-state index contributed by atoms with van der Waals surface area (Å²) in [6, 6.07) is 5.31. The molecular weight excluding hydrogens is 401 g/mol. The van der Waals surface area contributed by atoms with Gasteiger partial charge in [-0.3, -0.25) is 0 Å². The molecule has 2 aromatic rings. The molecule has 5 rings (SSSR count). The van der Waals surface area contributed by atoms with Crippen LogP contribution in [0.2, 0.25) is 0 Å². The van der Waals surface area contributed by atoms with Crippen LogP contribution < -0.4 is 0 Å². The van der Waals surface area contributed by atoms with Crippen molar-refractivity contribution in [3.05, 3.63) is 41.2 Å². The van der Waals surface area contributed by atoms with Gasteiger partial charge >= 0.3 is 12.3 Å². The molecule has 0 radical (unpaired) electrons. The predicted octanol–water partition coefficient (Wildman–Crippen LogP) is 4.90. The number of halogens is 3. The van der Waals surface area contributed by atoms with Crippen molar-refractivity contribution in [3.8, 4) is 11.3 Å². The van der Waals surface area contributed by atoms with Gasteiger partial charge in [0, 0.05) is 35.5 Å². The number of fused-ring (bicyclic) bond motifs is 2. The fraction of sp³-hybridized carbons (Fsp3) is 0.524. The quantitative estimate of drug-likeness (QED) is 0.742. The first-order valence-corrected chi connectivity index (χ1v) is 10.1. The number of carbonyl (C=O) groups is 1. The van der Waals surface area contributed by atoms with Crippen molar-refractivity contribution < 1.29 is 32.3 Å². The fourth-order valence-electron chi connectivity index (χ4n) is 4.81. The molecule has 2 aliphatic carbocycles. The van der Waals surface area contributed by atoms with Gasteiger partial charge in [-0.2, -0.15) is 13.2 Å². The first kappa shape index (κ1) is 19.4. The third kappa shape index (κ3) is 3.34. The highest BCUT2D eigenvalue weighted by Crippen LogP contribution is 2.47. The normalized spacial score (nSPS) is 25.8. The molecule has 3 fully saturated rings. The van der Waals surface area contributed by atoms with E-state index in [1.54, 1.807) is 6.07 Å². The van der Waals surface area contributed by atoms with Gasteiger partial charge in [-0.15, -0.1) is 0 Å². The molecule has 2 heterocycles. The molecule has 1 saturated heterocycles. The van der Waals surface area contributed by atoms with E-state index >= 15 is 0 Å². The maximum Gasteiger partial charge on any atom is 0.417 e. The Morgan fingerprint density at radius 1 is 1.27 bits per heavy atom. The highest BCUT2D eigenvalue weighted by atomic mass is 19.4. The Balaban J connectivity index is 1.40. The van der Waals surface area contributed by atoms with Gasteiger partial charge in [-0.05, 0) is 31.7 Å². The molecular formula is C21H21F3N2O4. The standard InChI is InChI=1S/C21H21F3N2O4/c22-21(23,24)16-4-2-1-3-14(16)18-15(19(30-25-18)11-5-6-11)10-29-17-8-13-7-12(17)9-26(13)20(27)28/h1-4,11-13,17H,5-10H2,(H,27,28)/t12-,13-,17+/m0/s1. The maximum absolute atomic E-state index is 13.5. The molecule has 160 valence electrons. The van der Waals surface area contributed by atoms with E-state index in [2.05, 4.69) is 5.16 Å². The van der Waals surface area contributed by atoms with Crippen LogP contribution in [0.15, 0.2) is 28.8 Å². The van der Waals surface area contributed by atoms with E-state index in [1.165, 1.54) is 17.0 Å². The minimum atomic E-state index is -4.50. The van der Waals surface area contributed by atoms with Gasteiger partial charge in [0.1, 0.15) is 11.5 Å². The number of amides is 1. The lowest BCUT2D eigenvalue weighted by atomic mass is 9.99. The number of alkyl halides is 3. The van der Waals surface area contributed by atoms with Crippen molar-refractivity contribution in [2.45, 2.75) is 56.5 Å².